The van der Waals surface area contributed by atoms with Crippen LogP contribution in [0.5, 0.6) is 0 Å². The predicted molar refractivity (Wildman–Crippen MR) is 133 cm³/mol. The van der Waals surface area contributed by atoms with Gasteiger partial charge in [-0.3, -0.25) is 9.89 Å². The second-order valence-corrected chi connectivity index (χ2v) is 9.78. The van der Waals surface area contributed by atoms with Crippen molar-refractivity contribution in [1.29, 1.82) is 0 Å². The molecular weight excluding hydrogens is 535 g/mol. The fourth-order valence-corrected chi connectivity index (χ4v) is 5.28. The lowest BCUT2D eigenvalue weighted by molar-refractivity contribution is 0.0177. The third-order valence-corrected chi connectivity index (χ3v) is 7.52. The van der Waals surface area contributed by atoms with Gasteiger partial charge in [0.2, 0.25) is 0 Å². The SMILES string of the molecule is CN=C(NCCS(=O)(=O)c1ccccc1)NCC(c1cccs1)N1CCOCC1.I. The Morgan fingerprint density at radius 3 is 2.53 bits per heavy atom. The molecule has 10 heteroatoms. The van der Waals surface area contributed by atoms with E-state index in [1.165, 1.54) is 4.88 Å². The highest BCUT2D eigenvalue weighted by Gasteiger charge is 2.23. The molecule has 1 unspecified atom stereocenters. The smallest absolute Gasteiger partial charge is 0.191 e. The second kappa shape index (κ2) is 12.6. The largest absolute Gasteiger partial charge is 0.379 e. The summed E-state index contributed by atoms with van der Waals surface area (Å²) in [6.07, 6.45) is 0. The first-order valence-corrected chi connectivity index (χ1v) is 12.2. The number of nitrogens with zero attached hydrogens (tertiary/aromatic N) is 2. The van der Waals surface area contributed by atoms with Gasteiger partial charge in [-0.25, -0.2) is 8.42 Å². The maximum Gasteiger partial charge on any atom is 0.191 e. The Morgan fingerprint density at radius 2 is 1.90 bits per heavy atom. The molecule has 1 atom stereocenters. The van der Waals surface area contributed by atoms with E-state index in [0.717, 1.165) is 26.3 Å². The maximum absolute atomic E-state index is 12.4. The normalized spacial score (nSPS) is 16.5. The minimum Gasteiger partial charge on any atom is -0.379 e. The molecule has 166 valence electrons. The molecule has 0 aliphatic carbocycles. The van der Waals surface area contributed by atoms with Crippen LogP contribution in [0.3, 0.4) is 0 Å². The van der Waals surface area contributed by atoms with Crippen LogP contribution in [0, 0.1) is 0 Å². The fourth-order valence-electron chi connectivity index (χ4n) is 3.24. The minimum absolute atomic E-state index is 0. The molecular formula is C20H29IN4O3S2. The molecule has 0 bridgehead atoms. The van der Waals surface area contributed by atoms with Crippen LogP contribution in [0.25, 0.3) is 0 Å². The van der Waals surface area contributed by atoms with Crippen LogP contribution in [0.1, 0.15) is 10.9 Å². The van der Waals surface area contributed by atoms with Gasteiger partial charge in [-0.1, -0.05) is 24.3 Å². The zero-order chi connectivity index (χ0) is 20.5. The van der Waals surface area contributed by atoms with Crippen molar-refractivity contribution in [2.75, 3.05) is 52.2 Å². The standard InChI is InChI=1S/C20H28N4O3S2.HI/c1-21-20(22-9-15-29(25,26)17-6-3-2-4-7-17)23-16-18(19-8-5-14-28-19)24-10-12-27-13-11-24;/h2-8,14,18H,9-13,15-16H2,1H3,(H2,21,22,23);1H. The molecule has 2 N–H and O–H groups in total. The molecule has 30 heavy (non-hydrogen) atoms. The van der Waals surface area contributed by atoms with Gasteiger partial charge in [0.25, 0.3) is 0 Å². The van der Waals surface area contributed by atoms with E-state index in [4.69, 9.17) is 4.74 Å². The van der Waals surface area contributed by atoms with Gasteiger partial charge in [0, 0.05) is 38.1 Å². The molecule has 3 rings (SSSR count). The molecule has 0 spiro atoms. The lowest BCUT2D eigenvalue weighted by Gasteiger charge is -2.34. The van der Waals surface area contributed by atoms with Crippen molar-refractivity contribution < 1.29 is 13.2 Å². The van der Waals surface area contributed by atoms with Gasteiger partial charge in [-0.2, -0.15) is 0 Å². The van der Waals surface area contributed by atoms with Crippen LogP contribution < -0.4 is 10.6 Å². The third kappa shape index (κ3) is 7.19. The van der Waals surface area contributed by atoms with Crippen molar-refractivity contribution >= 4 is 51.1 Å². The van der Waals surface area contributed by atoms with Crippen LogP contribution in [0.4, 0.5) is 0 Å². The Kier molecular flexibility index (Phi) is 10.5. The van der Waals surface area contributed by atoms with Gasteiger partial charge in [-0.15, -0.1) is 35.3 Å². The molecule has 1 fully saturated rings. The Balaban J connectivity index is 0.00000320. The van der Waals surface area contributed by atoms with Gasteiger partial charge >= 0.3 is 0 Å². The Hall–Kier alpha value is -1.21. The summed E-state index contributed by atoms with van der Waals surface area (Å²) >= 11 is 1.74. The molecule has 1 aromatic heterocycles. The van der Waals surface area contributed by atoms with Crippen molar-refractivity contribution in [2.45, 2.75) is 10.9 Å². The van der Waals surface area contributed by atoms with E-state index in [0.29, 0.717) is 17.4 Å². The number of hydrogen-bond acceptors (Lipinski definition) is 6. The van der Waals surface area contributed by atoms with E-state index in [1.807, 2.05) is 6.07 Å². The fraction of sp³-hybridized carbons (Fsp3) is 0.450. The van der Waals surface area contributed by atoms with Crippen LogP contribution in [-0.4, -0.2) is 71.5 Å². The Morgan fingerprint density at radius 1 is 1.17 bits per heavy atom. The summed E-state index contributed by atoms with van der Waals surface area (Å²) in [5.74, 6) is 0.610. The van der Waals surface area contributed by atoms with Crippen LogP contribution in [-0.2, 0) is 14.6 Å². The Bertz CT molecular complexity index is 871. The lowest BCUT2D eigenvalue weighted by Crippen LogP contribution is -2.46. The molecule has 0 radical (unpaired) electrons. The van der Waals surface area contributed by atoms with Gasteiger partial charge in [0.05, 0.1) is 29.9 Å². The number of aliphatic imine (C=N–C) groups is 1. The summed E-state index contributed by atoms with van der Waals surface area (Å²) in [5, 5.41) is 8.56. The molecule has 0 amide bonds. The first kappa shape index (κ1) is 25.1. The number of rotatable bonds is 8. The predicted octanol–water partition coefficient (Wildman–Crippen LogP) is 2.38. The van der Waals surface area contributed by atoms with Crippen LogP contribution in [0.2, 0.25) is 0 Å². The quantitative estimate of drug-likeness (QED) is 0.291. The second-order valence-electron chi connectivity index (χ2n) is 6.69. The van der Waals surface area contributed by atoms with Crippen molar-refractivity contribution in [2.24, 2.45) is 4.99 Å². The van der Waals surface area contributed by atoms with Gasteiger partial charge in [-0.05, 0) is 23.6 Å². The average molecular weight is 565 g/mol. The van der Waals surface area contributed by atoms with Crippen LogP contribution in [0.15, 0.2) is 57.7 Å². The number of hydrogen-bond donors (Lipinski definition) is 2. The first-order chi connectivity index (χ1) is 14.1. The van der Waals surface area contributed by atoms with E-state index in [2.05, 4.69) is 38.0 Å². The number of nitrogens with one attached hydrogen (secondary N) is 2. The average Bonchev–Trinajstić information content (AvgIpc) is 3.28. The lowest BCUT2D eigenvalue weighted by atomic mass is 10.2. The highest BCUT2D eigenvalue weighted by atomic mass is 127. The maximum atomic E-state index is 12.4. The van der Waals surface area contributed by atoms with E-state index >= 15 is 0 Å². The number of guanidine groups is 1. The third-order valence-electron chi connectivity index (χ3n) is 4.81. The van der Waals surface area contributed by atoms with Crippen molar-refractivity contribution in [3.63, 3.8) is 0 Å². The molecule has 7 nitrogen and oxygen atoms in total. The number of thiophene rings is 1. The van der Waals surface area contributed by atoms with E-state index in [1.54, 1.807) is 42.6 Å². The van der Waals surface area contributed by atoms with Gasteiger partial charge < -0.3 is 15.4 Å². The van der Waals surface area contributed by atoms with Gasteiger partial charge in [0.1, 0.15) is 0 Å². The summed E-state index contributed by atoms with van der Waals surface area (Å²) in [4.78, 5) is 8.29. The van der Waals surface area contributed by atoms with Gasteiger partial charge in [0.15, 0.2) is 15.8 Å². The molecule has 1 saturated heterocycles. The zero-order valence-corrected chi connectivity index (χ0v) is 21.0. The monoisotopic (exact) mass is 564 g/mol. The topological polar surface area (TPSA) is 83.0 Å². The highest BCUT2D eigenvalue weighted by molar-refractivity contribution is 14.0. The van der Waals surface area contributed by atoms with Crippen molar-refractivity contribution in [3.05, 3.63) is 52.7 Å². The summed E-state index contributed by atoms with van der Waals surface area (Å²) < 4.78 is 30.3. The number of halogens is 1. The molecule has 1 aromatic carbocycles. The van der Waals surface area contributed by atoms with E-state index in [9.17, 15) is 8.42 Å². The first-order valence-electron chi connectivity index (χ1n) is 9.67. The summed E-state index contributed by atoms with van der Waals surface area (Å²) in [6.45, 7) is 4.25. The number of morpholine rings is 1. The van der Waals surface area contributed by atoms with E-state index < -0.39 is 9.84 Å². The van der Waals surface area contributed by atoms with E-state index in [-0.39, 0.29) is 42.3 Å². The molecule has 1 aliphatic heterocycles. The molecule has 2 heterocycles. The summed E-state index contributed by atoms with van der Waals surface area (Å²) in [7, 11) is -1.62. The summed E-state index contributed by atoms with van der Waals surface area (Å²) in [6, 6.07) is 13.0. The number of ether oxygens (including phenoxy) is 1. The van der Waals surface area contributed by atoms with Crippen molar-refractivity contribution in [3.8, 4) is 0 Å². The molecule has 2 aromatic rings. The highest BCUT2D eigenvalue weighted by Crippen LogP contribution is 2.25. The molecule has 0 saturated carbocycles. The Labute approximate surface area is 199 Å². The zero-order valence-electron chi connectivity index (χ0n) is 17.0. The number of benzene rings is 1. The molecule has 1 aliphatic rings. The van der Waals surface area contributed by atoms with Crippen LogP contribution >= 0.6 is 35.3 Å². The minimum atomic E-state index is -3.31. The number of sulfone groups is 1. The van der Waals surface area contributed by atoms with Crippen molar-refractivity contribution in [1.82, 2.24) is 15.5 Å². The summed E-state index contributed by atoms with van der Waals surface area (Å²) in [5.41, 5.74) is 0.